The van der Waals surface area contributed by atoms with E-state index in [0.29, 0.717) is 0 Å². The highest BCUT2D eigenvalue weighted by Crippen LogP contribution is 2.23. The Bertz CT molecular complexity index is 274. The van der Waals surface area contributed by atoms with Gasteiger partial charge in [-0.25, -0.2) is 0 Å². The molecule has 1 aromatic carbocycles. The Morgan fingerprint density at radius 3 is 2.69 bits per heavy atom. The molecule has 0 heterocycles. The van der Waals surface area contributed by atoms with Crippen molar-refractivity contribution in [2.75, 3.05) is 13.9 Å². The maximum absolute atomic E-state index is 5.29. The van der Waals surface area contributed by atoms with Crippen LogP contribution in [-0.4, -0.2) is 13.9 Å². The first kappa shape index (κ1) is 10.4. The average Bonchev–Trinajstić information content (AvgIpc) is 2.16. The normalized spacial score (nSPS) is 10.1. The fraction of sp³-hybridized carbons (Fsp3) is 0.400. The summed E-state index contributed by atoms with van der Waals surface area (Å²) in [4.78, 5) is 0.858. The van der Waals surface area contributed by atoms with E-state index >= 15 is 0 Å². The Balaban J connectivity index is 2.73. The van der Waals surface area contributed by atoms with Gasteiger partial charge in [0.2, 0.25) is 0 Å². The van der Waals surface area contributed by atoms with Gasteiger partial charge in [0, 0.05) is 12.0 Å². The summed E-state index contributed by atoms with van der Waals surface area (Å²) in [6.07, 6.45) is 1.01. The fourth-order valence-corrected chi connectivity index (χ4v) is 1.33. The van der Waals surface area contributed by atoms with Crippen LogP contribution >= 0.6 is 12.6 Å². The van der Waals surface area contributed by atoms with Gasteiger partial charge in [-0.15, -0.1) is 12.6 Å². The van der Waals surface area contributed by atoms with Crippen molar-refractivity contribution in [3.05, 3.63) is 23.8 Å². The molecule has 0 saturated heterocycles. The molecule has 0 unspecified atom stereocenters. The molecule has 3 heteroatoms. The molecule has 0 saturated carbocycles. The first-order valence-electron chi connectivity index (χ1n) is 4.21. The van der Waals surface area contributed by atoms with Crippen LogP contribution < -0.4 is 4.74 Å². The molecular formula is C10H14O2S. The smallest absolute Gasteiger partial charge is 0.188 e. The topological polar surface area (TPSA) is 18.5 Å². The minimum Gasteiger partial charge on any atom is -0.466 e. The minimum absolute atomic E-state index is 0.263. The van der Waals surface area contributed by atoms with Crippen molar-refractivity contribution in [2.24, 2.45) is 0 Å². The van der Waals surface area contributed by atoms with Crippen molar-refractivity contribution in [3.63, 3.8) is 0 Å². The van der Waals surface area contributed by atoms with E-state index in [1.807, 2.05) is 18.2 Å². The highest BCUT2D eigenvalue weighted by molar-refractivity contribution is 7.80. The molecule has 0 amide bonds. The van der Waals surface area contributed by atoms with Crippen molar-refractivity contribution >= 4 is 12.6 Å². The second-order valence-electron chi connectivity index (χ2n) is 2.71. The van der Waals surface area contributed by atoms with Gasteiger partial charge in [-0.3, -0.25) is 0 Å². The minimum atomic E-state index is 0.263. The molecular weight excluding hydrogens is 184 g/mol. The lowest BCUT2D eigenvalue weighted by molar-refractivity contribution is 0.0491. The zero-order chi connectivity index (χ0) is 9.68. The van der Waals surface area contributed by atoms with Crippen molar-refractivity contribution < 1.29 is 9.47 Å². The maximum Gasteiger partial charge on any atom is 0.188 e. The monoisotopic (exact) mass is 198 g/mol. The summed E-state index contributed by atoms with van der Waals surface area (Å²) in [6, 6.07) is 5.96. The first-order chi connectivity index (χ1) is 6.27. The van der Waals surface area contributed by atoms with Crippen LogP contribution in [-0.2, 0) is 11.2 Å². The molecule has 13 heavy (non-hydrogen) atoms. The van der Waals surface area contributed by atoms with Crippen molar-refractivity contribution in [1.29, 1.82) is 0 Å². The first-order valence-corrected chi connectivity index (χ1v) is 4.66. The van der Waals surface area contributed by atoms with E-state index in [4.69, 9.17) is 9.47 Å². The van der Waals surface area contributed by atoms with Crippen molar-refractivity contribution in [3.8, 4) is 5.75 Å². The number of benzene rings is 1. The summed E-state index contributed by atoms with van der Waals surface area (Å²) in [5, 5.41) is 0. The molecule has 2 nitrogen and oxygen atoms in total. The van der Waals surface area contributed by atoms with Crippen LogP contribution in [0.1, 0.15) is 12.5 Å². The van der Waals surface area contributed by atoms with Gasteiger partial charge in [0.15, 0.2) is 6.79 Å². The lowest BCUT2D eigenvalue weighted by Gasteiger charge is -2.08. The molecule has 0 fully saturated rings. The summed E-state index contributed by atoms with van der Waals surface area (Å²) in [6.45, 7) is 2.37. The number of ether oxygens (including phenoxy) is 2. The second kappa shape index (κ2) is 5.14. The van der Waals surface area contributed by atoms with Crippen LogP contribution in [0.4, 0.5) is 0 Å². The summed E-state index contributed by atoms with van der Waals surface area (Å²) in [5.41, 5.74) is 1.26. The SMILES string of the molecule is CCc1ccc(OCOC)c(S)c1. The number of hydrogen-bond acceptors (Lipinski definition) is 3. The number of aryl methyl sites for hydroxylation is 1. The molecule has 0 aliphatic carbocycles. The predicted octanol–water partition coefficient (Wildman–Crippen LogP) is 2.52. The highest BCUT2D eigenvalue weighted by Gasteiger charge is 2.00. The number of thiol groups is 1. The molecule has 72 valence electrons. The van der Waals surface area contributed by atoms with E-state index in [9.17, 15) is 0 Å². The molecule has 0 N–H and O–H groups in total. The number of hydrogen-bond donors (Lipinski definition) is 1. The van der Waals surface area contributed by atoms with Crippen molar-refractivity contribution in [2.45, 2.75) is 18.2 Å². The zero-order valence-electron chi connectivity index (χ0n) is 7.91. The quantitative estimate of drug-likeness (QED) is 0.592. The summed E-state index contributed by atoms with van der Waals surface area (Å²) in [7, 11) is 1.60. The van der Waals surface area contributed by atoms with Crippen LogP contribution in [0.15, 0.2) is 23.1 Å². The molecule has 1 aromatic rings. The molecule has 0 bridgehead atoms. The third-order valence-corrected chi connectivity index (χ3v) is 2.11. The number of methoxy groups -OCH3 is 1. The van der Waals surface area contributed by atoms with E-state index in [2.05, 4.69) is 19.6 Å². The van der Waals surface area contributed by atoms with Gasteiger partial charge < -0.3 is 9.47 Å². The molecule has 0 aliphatic rings. The van der Waals surface area contributed by atoms with Crippen LogP contribution in [0.2, 0.25) is 0 Å². The van der Waals surface area contributed by atoms with Crippen LogP contribution in [0.5, 0.6) is 5.75 Å². The summed E-state index contributed by atoms with van der Waals surface area (Å²) in [5.74, 6) is 0.766. The van der Waals surface area contributed by atoms with Crippen LogP contribution in [0.25, 0.3) is 0 Å². The van der Waals surface area contributed by atoms with Gasteiger partial charge >= 0.3 is 0 Å². The van der Waals surface area contributed by atoms with Gasteiger partial charge in [0.05, 0.1) is 0 Å². The Morgan fingerprint density at radius 1 is 1.38 bits per heavy atom. The Labute approximate surface area is 84.3 Å². The third kappa shape index (κ3) is 2.94. The van der Waals surface area contributed by atoms with Crippen LogP contribution in [0, 0.1) is 0 Å². The molecule has 0 aliphatic heterocycles. The van der Waals surface area contributed by atoms with Gasteiger partial charge in [-0.1, -0.05) is 13.0 Å². The molecule has 1 rings (SSSR count). The lowest BCUT2D eigenvalue weighted by Crippen LogP contribution is -1.99. The van der Waals surface area contributed by atoms with Gasteiger partial charge in [0.1, 0.15) is 5.75 Å². The maximum atomic E-state index is 5.29. The predicted molar refractivity (Wildman–Crippen MR) is 55.6 cm³/mol. The lowest BCUT2D eigenvalue weighted by atomic mass is 10.2. The van der Waals surface area contributed by atoms with Gasteiger partial charge in [-0.05, 0) is 24.1 Å². The van der Waals surface area contributed by atoms with E-state index in [1.165, 1.54) is 5.56 Å². The van der Waals surface area contributed by atoms with Crippen LogP contribution in [0.3, 0.4) is 0 Å². The fourth-order valence-electron chi connectivity index (χ4n) is 1.03. The molecule has 0 atom stereocenters. The summed E-state index contributed by atoms with van der Waals surface area (Å²) >= 11 is 4.31. The van der Waals surface area contributed by atoms with Gasteiger partial charge in [-0.2, -0.15) is 0 Å². The van der Waals surface area contributed by atoms with E-state index in [1.54, 1.807) is 7.11 Å². The third-order valence-electron chi connectivity index (χ3n) is 1.76. The van der Waals surface area contributed by atoms with Crippen molar-refractivity contribution in [1.82, 2.24) is 0 Å². The highest BCUT2D eigenvalue weighted by atomic mass is 32.1. The zero-order valence-corrected chi connectivity index (χ0v) is 8.80. The Hall–Kier alpha value is -0.670. The largest absolute Gasteiger partial charge is 0.466 e. The van der Waals surface area contributed by atoms with E-state index < -0.39 is 0 Å². The average molecular weight is 198 g/mol. The van der Waals surface area contributed by atoms with Gasteiger partial charge in [0.25, 0.3) is 0 Å². The summed E-state index contributed by atoms with van der Waals surface area (Å²) < 4.78 is 10.1. The molecule has 0 aromatic heterocycles. The second-order valence-corrected chi connectivity index (χ2v) is 3.19. The van der Waals surface area contributed by atoms with E-state index in [-0.39, 0.29) is 6.79 Å². The molecule has 0 spiro atoms. The van der Waals surface area contributed by atoms with E-state index in [0.717, 1.165) is 17.1 Å². The standard InChI is InChI=1S/C10H14O2S/c1-3-8-4-5-9(10(13)6-8)12-7-11-2/h4-6,13H,3,7H2,1-2H3. The number of rotatable bonds is 4. The Morgan fingerprint density at radius 2 is 2.15 bits per heavy atom. The molecule has 0 radical (unpaired) electrons. The Kier molecular flexibility index (Phi) is 4.12.